The van der Waals surface area contributed by atoms with Gasteiger partial charge < -0.3 is 4.57 Å². The van der Waals surface area contributed by atoms with Gasteiger partial charge in [-0.05, 0) is 70.8 Å². The van der Waals surface area contributed by atoms with E-state index in [1.54, 1.807) is 0 Å². The maximum atomic E-state index is 5.00. The number of fused-ring (bicyclic) bond motifs is 7. The molecule has 0 atom stereocenters. The van der Waals surface area contributed by atoms with E-state index in [9.17, 15) is 0 Å². The summed E-state index contributed by atoms with van der Waals surface area (Å²) in [6, 6.07) is 68.6. The molecule has 0 saturated heterocycles. The van der Waals surface area contributed by atoms with Crippen molar-refractivity contribution in [2.24, 2.45) is 0 Å². The lowest BCUT2D eigenvalue weighted by atomic mass is 10.0. The molecule has 56 heavy (non-hydrogen) atoms. The highest BCUT2D eigenvalue weighted by molar-refractivity contribution is 7.26. The first-order chi connectivity index (χ1) is 27.7. The molecule has 0 N–H and O–H groups in total. The second-order valence-corrected chi connectivity index (χ2v) is 15.1. The molecule has 0 unspecified atom stereocenters. The smallest absolute Gasteiger partial charge is 0.164 e. The first-order valence-electron chi connectivity index (χ1n) is 18.8. The van der Waals surface area contributed by atoms with Crippen molar-refractivity contribution < 1.29 is 0 Å². The molecule has 0 aliphatic heterocycles. The van der Waals surface area contributed by atoms with E-state index in [4.69, 9.17) is 15.0 Å². The van der Waals surface area contributed by atoms with E-state index in [1.165, 1.54) is 64.2 Å². The van der Waals surface area contributed by atoms with E-state index in [2.05, 4.69) is 138 Å². The van der Waals surface area contributed by atoms with Gasteiger partial charge in [-0.2, -0.15) is 0 Å². The summed E-state index contributed by atoms with van der Waals surface area (Å²) in [6.45, 7) is 0. The van der Waals surface area contributed by atoms with Crippen LogP contribution in [0.1, 0.15) is 0 Å². The highest BCUT2D eigenvalue weighted by Crippen LogP contribution is 2.44. The van der Waals surface area contributed by atoms with Crippen molar-refractivity contribution >= 4 is 53.3 Å². The van der Waals surface area contributed by atoms with E-state index >= 15 is 0 Å². The zero-order valence-corrected chi connectivity index (χ0v) is 31.0. The van der Waals surface area contributed by atoms with Gasteiger partial charge in [0.15, 0.2) is 17.5 Å². The predicted octanol–water partition coefficient (Wildman–Crippen LogP) is 13.7. The molecule has 0 saturated carbocycles. The van der Waals surface area contributed by atoms with Crippen molar-refractivity contribution in [1.29, 1.82) is 0 Å². The average Bonchev–Trinajstić information content (AvgIpc) is 3.83. The lowest BCUT2D eigenvalue weighted by molar-refractivity contribution is 1.07. The third-order valence-electron chi connectivity index (χ3n) is 10.7. The molecular weight excluding hydrogens is 701 g/mol. The Bertz CT molecular complexity index is 3150. The van der Waals surface area contributed by atoms with E-state index in [0.29, 0.717) is 17.5 Å². The first-order valence-corrected chi connectivity index (χ1v) is 19.6. The van der Waals surface area contributed by atoms with E-state index in [1.807, 2.05) is 72.0 Å². The highest BCUT2D eigenvalue weighted by atomic mass is 32.1. The minimum atomic E-state index is 0.639. The third-order valence-corrected chi connectivity index (χ3v) is 11.9. The average molecular weight is 733 g/mol. The molecule has 0 aliphatic carbocycles. The quantitative estimate of drug-likeness (QED) is 0.171. The number of benzene rings is 8. The van der Waals surface area contributed by atoms with Crippen LogP contribution in [0.4, 0.5) is 0 Å². The Morgan fingerprint density at radius 3 is 1.34 bits per heavy atom. The SMILES string of the molecule is c1ccc(-c2ccc3sc4c(ccc5c6cc(-c7ccccc7)ccc6n(-c6ccc(-c7nc(-c8ccccc8)nc(-c8ccccc8)n7)cc6)c54)c3c2)cc1. The Kier molecular flexibility index (Phi) is 7.64. The van der Waals surface area contributed by atoms with Gasteiger partial charge in [-0.25, -0.2) is 15.0 Å². The van der Waals surface area contributed by atoms with Crippen LogP contribution in [0.5, 0.6) is 0 Å². The fourth-order valence-electron chi connectivity index (χ4n) is 7.92. The monoisotopic (exact) mass is 732 g/mol. The second-order valence-electron chi connectivity index (χ2n) is 14.0. The van der Waals surface area contributed by atoms with Crippen molar-refractivity contribution in [1.82, 2.24) is 19.5 Å². The van der Waals surface area contributed by atoms with Gasteiger partial charge in [0.25, 0.3) is 0 Å². The molecule has 0 bridgehead atoms. The molecule has 0 aliphatic rings. The van der Waals surface area contributed by atoms with Gasteiger partial charge in [0.2, 0.25) is 0 Å². The number of hydrogen-bond acceptors (Lipinski definition) is 4. The molecule has 3 aromatic heterocycles. The summed E-state index contributed by atoms with van der Waals surface area (Å²) >= 11 is 1.87. The van der Waals surface area contributed by atoms with Crippen molar-refractivity contribution in [3.8, 4) is 62.1 Å². The van der Waals surface area contributed by atoms with Crippen LogP contribution < -0.4 is 0 Å². The van der Waals surface area contributed by atoms with Crippen molar-refractivity contribution in [3.63, 3.8) is 0 Å². The molecule has 262 valence electrons. The van der Waals surface area contributed by atoms with Crippen LogP contribution in [-0.4, -0.2) is 19.5 Å². The highest BCUT2D eigenvalue weighted by Gasteiger charge is 2.20. The molecule has 0 fully saturated rings. The van der Waals surface area contributed by atoms with Crippen LogP contribution in [0.25, 0.3) is 104 Å². The van der Waals surface area contributed by atoms with Gasteiger partial charge in [0.05, 0.1) is 15.7 Å². The van der Waals surface area contributed by atoms with Crippen molar-refractivity contribution in [2.75, 3.05) is 0 Å². The van der Waals surface area contributed by atoms with Crippen molar-refractivity contribution in [2.45, 2.75) is 0 Å². The molecular formula is C51H32N4S. The van der Waals surface area contributed by atoms with Crippen LogP contribution in [-0.2, 0) is 0 Å². The number of rotatable bonds is 6. The number of aromatic nitrogens is 4. The Hall–Kier alpha value is -7.21. The minimum absolute atomic E-state index is 0.639. The number of nitrogens with zero attached hydrogens (tertiary/aromatic N) is 4. The van der Waals surface area contributed by atoms with Crippen LogP contribution >= 0.6 is 11.3 Å². The maximum Gasteiger partial charge on any atom is 0.164 e. The Balaban J connectivity index is 1.11. The number of hydrogen-bond donors (Lipinski definition) is 0. The normalized spacial score (nSPS) is 11.6. The molecule has 3 heterocycles. The minimum Gasteiger partial charge on any atom is -0.308 e. The fraction of sp³-hybridized carbons (Fsp3) is 0. The maximum absolute atomic E-state index is 5.00. The first kappa shape index (κ1) is 32.2. The van der Waals surface area contributed by atoms with Gasteiger partial charge in [0.1, 0.15) is 0 Å². The summed E-state index contributed by atoms with van der Waals surface area (Å²) < 4.78 is 5.00. The third kappa shape index (κ3) is 5.48. The van der Waals surface area contributed by atoms with Crippen LogP contribution in [0.2, 0.25) is 0 Å². The van der Waals surface area contributed by atoms with E-state index in [-0.39, 0.29) is 0 Å². The zero-order valence-electron chi connectivity index (χ0n) is 30.2. The van der Waals surface area contributed by atoms with Gasteiger partial charge >= 0.3 is 0 Å². The summed E-state index contributed by atoms with van der Waals surface area (Å²) in [6.07, 6.45) is 0. The van der Waals surface area contributed by atoms with Crippen LogP contribution in [0.3, 0.4) is 0 Å². The zero-order chi connectivity index (χ0) is 37.0. The van der Waals surface area contributed by atoms with Crippen molar-refractivity contribution in [3.05, 3.63) is 194 Å². The van der Waals surface area contributed by atoms with Crippen LogP contribution in [0.15, 0.2) is 194 Å². The molecule has 4 nitrogen and oxygen atoms in total. The summed E-state index contributed by atoms with van der Waals surface area (Å²) in [5, 5.41) is 5.02. The topological polar surface area (TPSA) is 43.6 Å². The molecule has 0 amide bonds. The predicted molar refractivity (Wildman–Crippen MR) is 234 cm³/mol. The number of thiophene rings is 1. The van der Waals surface area contributed by atoms with Gasteiger partial charge in [0, 0.05) is 48.6 Å². The molecule has 0 spiro atoms. The molecule has 5 heteroatoms. The Morgan fingerprint density at radius 2 is 0.786 bits per heavy atom. The lowest BCUT2D eigenvalue weighted by Crippen LogP contribution is -2.00. The second kappa shape index (κ2) is 13.3. The Morgan fingerprint density at radius 1 is 0.339 bits per heavy atom. The standard InChI is InChI=1S/C51H32N4S/c1-5-13-33(14-6-1)38-23-29-45-43(31-38)41-27-28-42-44-32-39(34-15-7-2-8-16-34)24-30-46(44)56-48(42)47(41)55(45)40-25-21-37(22-26-40)51-53-49(35-17-9-3-10-18-35)52-50(54-51)36-19-11-4-12-20-36/h1-32H. The van der Waals surface area contributed by atoms with E-state index < -0.39 is 0 Å². The van der Waals surface area contributed by atoms with Gasteiger partial charge in [-0.15, -0.1) is 11.3 Å². The Labute approximate surface area is 327 Å². The molecule has 8 aromatic carbocycles. The molecule has 0 radical (unpaired) electrons. The summed E-state index contributed by atoms with van der Waals surface area (Å²) in [5.41, 5.74) is 11.2. The summed E-state index contributed by atoms with van der Waals surface area (Å²) in [5.74, 6) is 1.94. The van der Waals surface area contributed by atoms with E-state index in [0.717, 1.165) is 22.4 Å². The largest absolute Gasteiger partial charge is 0.308 e. The lowest BCUT2D eigenvalue weighted by Gasteiger charge is -2.11. The summed E-state index contributed by atoms with van der Waals surface area (Å²) in [7, 11) is 0. The fourth-order valence-corrected chi connectivity index (χ4v) is 9.14. The molecule has 11 rings (SSSR count). The van der Waals surface area contributed by atoms with Crippen LogP contribution in [0, 0.1) is 0 Å². The van der Waals surface area contributed by atoms with Gasteiger partial charge in [-0.3, -0.25) is 0 Å². The van der Waals surface area contributed by atoms with Gasteiger partial charge in [-0.1, -0.05) is 146 Å². The molecule has 11 aromatic rings. The summed E-state index contributed by atoms with van der Waals surface area (Å²) in [4.78, 5) is 14.9.